The largest absolute Gasteiger partial charge is 0.0985 e. The van der Waals surface area contributed by atoms with Gasteiger partial charge in [-0.3, -0.25) is 0 Å². The second kappa shape index (κ2) is 17.2. The molecule has 3 atom stereocenters. The van der Waals surface area contributed by atoms with E-state index in [0.717, 1.165) is 52.6 Å². The van der Waals surface area contributed by atoms with Gasteiger partial charge >= 0.3 is 0 Å². The van der Waals surface area contributed by atoms with Crippen molar-refractivity contribution < 1.29 is 0 Å². The molecular formula is C48H52P2. The third kappa shape index (κ3) is 7.94. The van der Waals surface area contributed by atoms with E-state index in [4.69, 9.17) is 0 Å². The fraction of sp³-hybridized carbons (Fsp3) is 0.208. The van der Waals surface area contributed by atoms with Gasteiger partial charge in [-0.2, -0.15) is 0 Å². The number of fused-ring (bicyclic) bond motifs is 2. The second-order valence-corrected chi connectivity index (χ2v) is 17.4. The van der Waals surface area contributed by atoms with Crippen molar-refractivity contribution in [3.63, 3.8) is 0 Å². The molecule has 0 N–H and O–H groups in total. The zero-order chi connectivity index (χ0) is 35.8. The summed E-state index contributed by atoms with van der Waals surface area (Å²) in [6.07, 6.45) is 18.6. The molecule has 0 heterocycles. The molecule has 2 aliphatic carbocycles. The van der Waals surface area contributed by atoms with Crippen molar-refractivity contribution in [2.75, 3.05) is 19.5 Å². The van der Waals surface area contributed by atoms with E-state index in [2.05, 4.69) is 149 Å². The Kier molecular flexibility index (Phi) is 12.8. The van der Waals surface area contributed by atoms with Crippen molar-refractivity contribution in [2.24, 2.45) is 5.92 Å². The van der Waals surface area contributed by atoms with E-state index < -0.39 is 15.8 Å². The molecule has 2 heteroatoms. The fourth-order valence-corrected chi connectivity index (χ4v) is 12.0. The van der Waals surface area contributed by atoms with Crippen LogP contribution in [-0.2, 0) is 6.16 Å². The van der Waals surface area contributed by atoms with Gasteiger partial charge in [0.2, 0.25) is 0 Å². The van der Waals surface area contributed by atoms with E-state index in [9.17, 15) is 0 Å². The molecule has 254 valence electrons. The van der Waals surface area contributed by atoms with Crippen LogP contribution in [0.4, 0.5) is 0 Å². The summed E-state index contributed by atoms with van der Waals surface area (Å²) >= 11 is 0. The highest BCUT2D eigenvalue weighted by atomic mass is 31.1. The summed E-state index contributed by atoms with van der Waals surface area (Å²) in [5, 5.41) is 10.6. The Bertz CT molecular complexity index is 2300. The summed E-state index contributed by atoms with van der Waals surface area (Å²) < 4.78 is 0. The lowest BCUT2D eigenvalue weighted by Crippen LogP contribution is -2.39. The lowest BCUT2D eigenvalue weighted by Gasteiger charge is -2.29. The van der Waals surface area contributed by atoms with E-state index in [0.29, 0.717) is 5.92 Å². The summed E-state index contributed by atoms with van der Waals surface area (Å²) in [5.74, 6) is 0.472. The van der Waals surface area contributed by atoms with Gasteiger partial charge in [0.05, 0.1) is 0 Å². The van der Waals surface area contributed by atoms with Gasteiger partial charge in [-0.05, 0) is 132 Å². The molecule has 2 unspecified atom stereocenters. The highest BCUT2D eigenvalue weighted by Crippen LogP contribution is 2.42. The van der Waals surface area contributed by atoms with Crippen LogP contribution in [0.1, 0.15) is 49.8 Å². The summed E-state index contributed by atoms with van der Waals surface area (Å²) in [6.45, 7) is 29.8. The van der Waals surface area contributed by atoms with Crippen LogP contribution in [-0.4, -0.2) is 19.5 Å². The smallest absolute Gasteiger partial charge is 0.00289 e. The van der Waals surface area contributed by atoms with Crippen LogP contribution < -0.4 is 41.9 Å². The SMILES string of the molecule is C=CC(=C)/C(C=C)=C/c1c(CP(C)c2ccccc2P(C)C[C@@H]2CC=c3ccccc3=C2c2cccc3c2=CCCC=3)ccc(=C)c1=C.CC. The van der Waals surface area contributed by atoms with E-state index >= 15 is 0 Å². The van der Waals surface area contributed by atoms with Crippen molar-refractivity contribution in [3.8, 4) is 0 Å². The van der Waals surface area contributed by atoms with Gasteiger partial charge in [-0.25, -0.2) is 0 Å². The zero-order valence-electron chi connectivity index (χ0n) is 30.5. The van der Waals surface area contributed by atoms with Gasteiger partial charge in [0.1, 0.15) is 0 Å². The molecule has 0 radical (unpaired) electrons. The third-order valence-electron chi connectivity index (χ3n) is 9.88. The molecule has 0 aromatic heterocycles. The Morgan fingerprint density at radius 1 is 0.760 bits per heavy atom. The van der Waals surface area contributed by atoms with Crippen LogP contribution in [0.15, 0.2) is 122 Å². The number of hydrogen-bond acceptors (Lipinski definition) is 0. The summed E-state index contributed by atoms with van der Waals surface area (Å²) in [5.41, 5.74) is 7.21. The Morgan fingerprint density at radius 2 is 1.44 bits per heavy atom. The topological polar surface area (TPSA) is 0 Å². The van der Waals surface area contributed by atoms with Crippen molar-refractivity contribution >= 4 is 69.5 Å². The third-order valence-corrected chi connectivity index (χ3v) is 14.3. The van der Waals surface area contributed by atoms with Crippen LogP contribution in [0, 0.1) is 5.92 Å². The minimum absolute atomic E-state index is 0.403. The van der Waals surface area contributed by atoms with Crippen LogP contribution in [0.3, 0.4) is 0 Å². The Hall–Kier alpha value is -4.08. The van der Waals surface area contributed by atoms with Gasteiger partial charge in [0, 0.05) is 0 Å². The molecule has 6 rings (SSSR count). The van der Waals surface area contributed by atoms with E-state index in [-0.39, 0.29) is 0 Å². The number of benzene rings is 4. The molecule has 50 heavy (non-hydrogen) atoms. The molecule has 0 nitrogen and oxygen atoms in total. The number of hydrogen-bond donors (Lipinski definition) is 0. The standard InChI is InChI=1S/C46H46P2.C2H6/c1-8-32(3)35(9-2)29-43-34(5)33(4)25-26-38(43)30-47(6)44-23-14-15-24-45(44)48(7)31-39-28-27-37-18-11-13-21-41(37)46(39)42-22-16-19-36-17-10-12-20-40(36)42;1-2/h8-9,11,13-27,29,39H,1-5,10,12,28,30-31H2,6-7H3;1-2H3/b35-29+;/t39-,47?,48?;/m0./s1. The first-order valence-electron chi connectivity index (χ1n) is 17.9. The molecule has 0 bridgehead atoms. The Balaban J connectivity index is 0.00000239. The van der Waals surface area contributed by atoms with E-state index in [1.807, 2.05) is 19.9 Å². The summed E-state index contributed by atoms with van der Waals surface area (Å²) in [4.78, 5) is 0. The van der Waals surface area contributed by atoms with Crippen molar-refractivity contribution in [2.45, 2.75) is 39.3 Å². The molecule has 0 aliphatic heterocycles. The van der Waals surface area contributed by atoms with Crippen molar-refractivity contribution in [1.82, 2.24) is 0 Å². The Morgan fingerprint density at radius 3 is 2.18 bits per heavy atom. The lowest BCUT2D eigenvalue weighted by molar-refractivity contribution is 0.782. The second-order valence-electron chi connectivity index (χ2n) is 13.0. The van der Waals surface area contributed by atoms with Crippen molar-refractivity contribution in [1.29, 1.82) is 0 Å². The molecule has 0 amide bonds. The van der Waals surface area contributed by atoms with Crippen molar-refractivity contribution in [3.05, 3.63) is 170 Å². The minimum Gasteiger partial charge on any atom is -0.0985 e. The molecule has 0 saturated carbocycles. The molecule has 4 aromatic carbocycles. The monoisotopic (exact) mass is 690 g/mol. The average molecular weight is 691 g/mol. The molecule has 4 aromatic rings. The number of rotatable bonds is 11. The molecular weight excluding hydrogens is 638 g/mol. The first-order chi connectivity index (χ1) is 24.3. The molecule has 0 saturated heterocycles. The van der Waals surface area contributed by atoms with Gasteiger partial charge in [-0.15, -0.1) is 0 Å². The van der Waals surface area contributed by atoms with Gasteiger partial charge < -0.3 is 0 Å². The summed E-state index contributed by atoms with van der Waals surface area (Å²) in [6, 6.07) is 29.5. The van der Waals surface area contributed by atoms with E-state index in [1.54, 1.807) is 11.4 Å². The van der Waals surface area contributed by atoms with Gasteiger partial charge in [0.25, 0.3) is 0 Å². The number of allylic oxidation sites excluding steroid dienone is 4. The van der Waals surface area contributed by atoms with Crippen LogP contribution in [0.25, 0.3) is 43.0 Å². The zero-order valence-corrected chi connectivity index (χ0v) is 32.3. The minimum atomic E-state index is -0.472. The highest BCUT2D eigenvalue weighted by molar-refractivity contribution is 7.71. The molecule has 0 spiro atoms. The molecule has 0 fully saturated rings. The van der Waals surface area contributed by atoms with E-state index in [1.165, 1.54) is 49.0 Å². The van der Waals surface area contributed by atoms with Gasteiger partial charge in [0.15, 0.2) is 0 Å². The van der Waals surface area contributed by atoms with Crippen LogP contribution in [0.5, 0.6) is 0 Å². The first kappa shape index (κ1) is 37.2. The maximum absolute atomic E-state index is 4.42. The highest BCUT2D eigenvalue weighted by Gasteiger charge is 2.25. The van der Waals surface area contributed by atoms with Crippen LogP contribution >= 0.6 is 15.8 Å². The fourth-order valence-electron chi connectivity index (χ4n) is 7.26. The van der Waals surface area contributed by atoms with Crippen LogP contribution in [0.2, 0.25) is 0 Å². The predicted molar refractivity (Wildman–Crippen MR) is 230 cm³/mol. The quantitative estimate of drug-likeness (QED) is 0.113. The maximum Gasteiger partial charge on any atom is -0.00289 e. The maximum atomic E-state index is 4.42. The normalized spacial score (nSPS) is 16.1. The summed E-state index contributed by atoms with van der Waals surface area (Å²) in [7, 11) is -0.875. The first-order valence-corrected chi connectivity index (χ1v) is 21.8. The Labute approximate surface area is 302 Å². The van der Waals surface area contributed by atoms with Gasteiger partial charge in [-0.1, -0.05) is 172 Å². The predicted octanol–water partition coefficient (Wildman–Crippen LogP) is 7.57. The average Bonchev–Trinajstić information content (AvgIpc) is 3.16. The molecule has 2 aliphatic rings. The lowest BCUT2D eigenvalue weighted by atomic mass is 9.83.